The zero-order valence-corrected chi connectivity index (χ0v) is 10.6. The number of esters is 1. The molecular weight excluding hydrogens is 254 g/mol. The van der Waals surface area contributed by atoms with Gasteiger partial charge in [0.25, 0.3) is 0 Å². The first-order valence-corrected chi connectivity index (χ1v) is 6.00. The van der Waals surface area contributed by atoms with Crippen LogP contribution in [-0.2, 0) is 4.79 Å². The molecule has 4 heteroatoms. The zero-order chi connectivity index (χ0) is 14.2. The summed E-state index contributed by atoms with van der Waals surface area (Å²) in [5.41, 5.74) is 1.64. The summed E-state index contributed by atoms with van der Waals surface area (Å²) in [7, 11) is 0. The molecule has 0 saturated heterocycles. The first kappa shape index (κ1) is 13.5. The minimum Gasteiger partial charge on any atom is -0.423 e. The van der Waals surface area contributed by atoms with Crippen molar-refractivity contribution in [1.82, 2.24) is 0 Å². The number of carbonyl (C=O) groups excluding carboxylic acids is 1. The monoisotopic (exact) mass is 267 g/mol. The van der Waals surface area contributed by atoms with Crippen LogP contribution in [0.4, 0.5) is 0 Å². The molecule has 0 atom stereocenters. The van der Waals surface area contributed by atoms with Crippen LogP contribution >= 0.6 is 0 Å². The predicted octanol–water partition coefficient (Wildman–Crippen LogP) is 3.11. The molecule has 2 aromatic rings. The molecule has 2 aromatic carbocycles. The molecule has 0 aliphatic carbocycles. The average molecular weight is 267 g/mol. The van der Waals surface area contributed by atoms with Crippen LogP contribution < -0.4 is 4.74 Å². The predicted molar refractivity (Wildman–Crippen MR) is 76.9 cm³/mol. The molecule has 0 aliphatic heterocycles. The fourth-order valence-electron chi connectivity index (χ4n) is 1.57. The maximum absolute atomic E-state index is 11.6. The number of oxime groups is 1. The topological polar surface area (TPSA) is 58.9 Å². The first-order valence-electron chi connectivity index (χ1n) is 6.00. The van der Waals surface area contributed by atoms with Gasteiger partial charge in [-0.25, -0.2) is 4.79 Å². The Morgan fingerprint density at radius 1 is 1.00 bits per heavy atom. The van der Waals surface area contributed by atoms with Crippen LogP contribution in [0.2, 0.25) is 0 Å². The van der Waals surface area contributed by atoms with Crippen molar-refractivity contribution in [3.05, 3.63) is 71.8 Å². The Morgan fingerprint density at radius 3 is 2.35 bits per heavy atom. The molecule has 0 spiro atoms. The first-order chi connectivity index (χ1) is 9.78. The summed E-state index contributed by atoms with van der Waals surface area (Å²) >= 11 is 0. The molecule has 0 fully saturated rings. The van der Waals surface area contributed by atoms with E-state index in [0.717, 1.165) is 5.56 Å². The third kappa shape index (κ3) is 4.10. The van der Waals surface area contributed by atoms with E-state index in [4.69, 9.17) is 9.94 Å². The largest absolute Gasteiger partial charge is 0.423 e. The molecule has 0 bridgehead atoms. The van der Waals surface area contributed by atoms with Crippen LogP contribution in [0.1, 0.15) is 11.1 Å². The molecule has 0 radical (unpaired) electrons. The van der Waals surface area contributed by atoms with Crippen molar-refractivity contribution in [2.24, 2.45) is 5.16 Å². The Morgan fingerprint density at radius 2 is 1.70 bits per heavy atom. The van der Waals surface area contributed by atoms with Gasteiger partial charge in [-0.2, -0.15) is 0 Å². The second-order valence-electron chi connectivity index (χ2n) is 3.98. The summed E-state index contributed by atoms with van der Waals surface area (Å²) in [6.07, 6.45) is 4.36. The van der Waals surface area contributed by atoms with Gasteiger partial charge in [-0.3, -0.25) is 0 Å². The van der Waals surface area contributed by atoms with Gasteiger partial charge in [0.1, 0.15) is 5.75 Å². The van der Waals surface area contributed by atoms with Gasteiger partial charge in [0.05, 0.1) is 6.21 Å². The Labute approximate surface area is 116 Å². The third-order valence-corrected chi connectivity index (χ3v) is 2.52. The van der Waals surface area contributed by atoms with Crippen LogP contribution in [0, 0.1) is 0 Å². The van der Waals surface area contributed by atoms with Crippen LogP contribution in [0.5, 0.6) is 5.75 Å². The van der Waals surface area contributed by atoms with Crippen LogP contribution in [0.3, 0.4) is 0 Å². The zero-order valence-electron chi connectivity index (χ0n) is 10.6. The molecule has 100 valence electrons. The molecule has 1 N–H and O–H groups in total. The van der Waals surface area contributed by atoms with Crippen molar-refractivity contribution in [2.45, 2.75) is 0 Å². The van der Waals surface area contributed by atoms with E-state index in [1.807, 2.05) is 30.3 Å². The van der Waals surface area contributed by atoms with Gasteiger partial charge in [0, 0.05) is 6.08 Å². The van der Waals surface area contributed by atoms with E-state index in [-0.39, 0.29) is 0 Å². The average Bonchev–Trinajstić information content (AvgIpc) is 2.49. The number of benzene rings is 2. The number of ether oxygens (including phenoxy) is 1. The van der Waals surface area contributed by atoms with E-state index in [2.05, 4.69) is 5.16 Å². The van der Waals surface area contributed by atoms with Crippen molar-refractivity contribution in [2.75, 3.05) is 0 Å². The summed E-state index contributed by atoms with van der Waals surface area (Å²) in [5.74, 6) is -0.0137. The summed E-state index contributed by atoms with van der Waals surface area (Å²) < 4.78 is 5.14. The molecule has 0 aliphatic rings. The SMILES string of the molecule is O=C(/C=C/c1ccccc1)Oc1ccc(/C=N/O)cc1. The van der Waals surface area contributed by atoms with Crippen LogP contribution in [-0.4, -0.2) is 17.4 Å². The van der Waals surface area contributed by atoms with E-state index in [1.54, 1.807) is 30.3 Å². The Hall–Kier alpha value is -2.88. The highest BCUT2D eigenvalue weighted by Crippen LogP contribution is 2.12. The summed E-state index contributed by atoms with van der Waals surface area (Å²) in [6, 6.07) is 16.1. The standard InChI is InChI=1S/C16H13NO3/c18-16(11-8-13-4-2-1-3-5-13)20-15-9-6-14(7-10-15)12-17-19/h1-12,19H/b11-8+,17-12+. The highest BCUT2D eigenvalue weighted by Gasteiger charge is 2.00. The number of hydrogen-bond donors (Lipinski definition) is 1. The van der Waals surface area contributed by atoms with Crippen molar-refractivity contribution in [1.29, 1.82) is 0 Å². The normalized spacial score (nSPS) is 11.0. The number of carbonyl (C=O) groups is 1. The lowest BCUT2D eigenvalue weighted by Crippen LogP contribution is -2.03. The molecule has 0 unspecified atom stereocenters. The highest BCUT2D eigenvalue weighted by atomic mass is 16.5. The second kappa shape index (κ2) is 6.89. The van der Waals surface area contributed by atoms with Crippen molar-refractivity contribution < 1.29 is 14.7 Å². The highest BCUT2D eigenvalue weighted by molar-refractivity contribution is 5.88. The van der Waals surface area contributed by atoms with Crippen molar-refractivity contribution in [3.8, 4) is 5.75 Å². The minimum absolute atomic E-state index is 0.433. The van der Waals surface area contributed by atoms with E-state index >= 15 is 0 Å². The molecule has 2 rings (SSSR count). The number of rotatable bonds is 4. The van der Waals surface area contributed by atoms with E-state index in [1.165, 1.54) is 12.3 Å². The number of hydrogen-bond acceptors (Lipinski definition) is 4. The van der Waals surface area contributed by atoms with Crippen LogP contribution in [0.25, 0.3) is 6.08 Å². The van der Waals surface area contributed by atoms with E-state index in [0.29, 0.717) is 11.3 Å². The molecule has 0 saturated carbocycles. The maximum Gasteiger partial charge on any atom is 0.336 e. The number of nitrogens with zero attached hydrogens (tertiary/aromatic N) is 1. The molecule has 20 heavy (non-hydrogen) atoms. The lowest BCUT2D eigenvalue weighted by Gasteiger charge is -2.01. The van der Waals surface area contributed by atoms with Crippen molar-refractivity contribution in [3.63, 3.8) is 0 Å². The lowest BCUT2D eigenvalue weighted by atomic mass is 10.2. The summed E-state index contributed by atoms with van der Waals surface area (Å²) in [5, 5.41) is 11.3. The lowest BCUT2D eigenvalue weighted by molar-refractivity contribution is -0.128. The Bertz CT molecular complexity index is 616. The molecular formula is C16H13NO3. The van der Waals surface area contributed by atoms with Gasteiger partial charge in [-0.15, -0.1) is 0 Å². The maximum atomic E-state index is 11.6. The molecule has 4 nitrogen and oxygen atoms in total. The van der Waals surface area contributed by atoms with E-state index in [9.17, 15) is 4.79 Å². The van der Waals surface area contributed by atoms with Gasteiger partial charge in [0.15, 0.2) is 0 Å². The van der Waals surface area contributed by atoms with Crippen LogP contribution in [0.15, 0.2) is 65.8 Å². The van der Waals surface area contributed by atoms with Gasteiger partial charge >= 0.3 is 5.97 Å². The van der Waals surface area contributed by atoms with E-state index < -0.39 is 5.97 Å². The van der Waals surface area contributed by atoms with Crippen molar-refractivity contribution >= 4 is 18.3 Å². The summed E-state index contributed by atoms with van der Waals surface area (Å²) in [4.78, 5) is 11.6. The smallest absolute Gasteiger partial charge is 0.336 e. The third-order valence-electron chi connectivity index (χ3n) is 2.52. The Balaban J connectivity index is 1.96. The minimum atomic E-state index is -0.447. The fourth-order valence-corrected chi connectivity index (χ4v) is 1.57. The molecule has 0 amide bonds. The second-order valence-corrected chi connectivity index (χ2v) is 3.98. The molecule has 0 heterocycles. The van der Waals surface area contributed by atoms with Gasteiger partial charge in [0.2, 0.25) is 0 Å². The quantitative estimate of drug-likeness (QED) is 0.231. The molecule has 0 aromatic heterocycles. The fraction of sp³-hybridized carbons (Fsp3) is 0. The summed E-state index contributed by atoms with van der Waals surface area (Å²) in [6.45, 7) is 0. The van der Waals surface area contributed by atoms with Gasteiger partial charge in [-0.1, -0.05) is 35.5 Å². The van der Waals surface area contributed by atoms with Gasteiger partial charge in [-0.05, 0) is 41.5 Å². The van der Waals surface area contributed by atoms with Gasteiger partial charge < -0.3 is 9.94 Å². The Kier molecular flexibility index (Phi) is 4.67.